The number of aliphatic hydroxyl groups excluding tert-OH is 1. The molecule has 1 heterocycles. The third kappa shape index (κ3) is 6.97. The van der Waals surface area contributed by atoms with Gasteiger partial charge in [0, 0.05) is 6.54 Å². The molecule has 0 bridgehead atoms. The van der Waals surface area contributed by atoms with Crippen molar-refractivity contribution in [1.82, 2.24) is 15.5 Å². The van der Waals surface area contributed by atoms with Gasteiger partial charge >= 0.3 is 11.9 Å². The molecule has 14 heteroatoms. The number of amides is 4. The first-order valence-corrected chi connectivity index (χ1v) is 8.98. The van der Waals surface area contributed by atoms with E-state index in [-0.39, 0.29) is 13.0 Å². The first-order valence-electron chi connectivity index (χ1n) is 8.98. The number of hydrogen-bond acceptors (Lipinski definition) is 8. The molecule has 4 atom stereocenters. The lowest BCUT2D eigenvalue weighted by Crippen LogP contribution is -2.58. The van der Waals surface area contributed by atoms with Crippen molar-refractivity contribution in [3.8, 4) is 0 Å². The number of carbonyl (C=O) groups excluding carboxylic acids is 4. The number of aliphatic hydroxyl groups is 1. The van der Waals surface area contributed by atoms with E-state index in [2.05, 4.69) is 5.32 Å². The van der Waals surface area contributed by atoms with Crippen molar-refractivity contribution in [1.29, 1.82) is 0 Å². The maximum Gasteiger partial charge on any atom is 0.326 e. The number of nitrogens with zero attached hydrogens (tertiary/aromatic N) is 1. The molecule has 4 amide bonds. The van der Waals surface area contributed by atoms with E-state index in [0.29, 0.717) is 6.42 Å². The molecule has 1 fully saturated rings. The molecular formula is C16H25N5O9. The fourth-order valence-corrected chi connectivity index (χ4v) is 2.93. The smallest absolute Gasteiger partial charge is 0.326 e. The molecule has 168 valence electrons. The highest BCUT2D eigenvalue weighted by molar-refractivity contribution is 5.95. The minimum Gasteiger partial charge on any atom is -0.481 e. The summed E-state index contributed by atoms with van der Waals surface area (Å²) in [6.45, 7) is -0.724. The van der Waals surface area contributed by atoms with Gasteiger partial charge in [0.2, 0.25) is 23.6 Å². The van der Waals surface area contributed by atoms with E-state index in [0.717, 1.165) is 4.90 Å². The number of aliphatic carboxylic acids is 2. The van der Waals surface area contributed by atoms with Crippen LogP contribution in [0.15, 0.2) is 0 Å². The second kappa shape index (κ2) is 11.1. The molecule has 0 saturated carbocycles. The fourth-order valence-electron chi connectivity index (χ4n) is 2.93. The number of rotatable bonds is 11. The van der Waals surface area contributed by atoms with Crippen molar-refractivity contribution in [2.24, 2.45) is 11.5 Å². The van der Waals surface area contributed by atoms with Gasteiger partial charge in [-0.1, -0.05) is 0 Å². The largest absolute Gasteiger partial charge is 0.481 e. The maximum absolute atomic E-state index is 12.5. The molecule has 14 nitrogen and oxygen atoms in total. The summed E-state index contributed by atoms with van der Waals surface area (Å²) in [6.07, 6.45) is -0.637. The Morgan fingerprint density at radius 1 is 1.03 bits per heavy atom. The molecule has 0 aromatic rings. The predicted octanol–water partition coefficient (Wildman–Crippen LogP) is -4.30. The van der Waals surface area contributed by atoms with Crippen LogP contribution in [0.5, 0.6) is 0 Å². The van der Waals surface area contributed by atoms with Crippen LogP contribution in [0.2, 0.25) is 0 Å². The molecule has 0 radical (unpaired) electrons. The summed E-state index contributed by atoms with van der Waals surface area (Å²) in [5.74, 6) is -6.46. The second-order valence-corrected chi connectivity index (χ2v) is 6.71. The zero-order valence-corrected chi connectivity index (χ0v) is 15.9. The summed E-state index contributed by atoms with van der Waals surface area (Å²) < 4.78 is 0. The second-order valence-electron chi connectivity index (χ2n) is 6.71. The van der Waals surface area contributed by atoms with Crippen molar-refractivity contribution in [2.75, 3.05) is 13.2 Å². The molecule has 9 N–H and O–H groups in total. The third-order valence-corrected chi connectivity index (χ3v) is 4.39. The number of primary amides is 1. The predicted molar refractivity (Wildman–Crippen MR) is 97.4 cm³/mol. The van der Waals surface area contributed by atoms with E-state index in [1.54, 1.807) is 0 Å². The molecule has 0 aromatic carbocycles. The number of nitrogens with one attached hydrogen (secondary N) is 2. The van der Waals surface area contributed by atoms with E-state index < -0.39 is 79.2 Å². The molecular weight excluding hydrogens is 406 g/mol. The van der Waals surface area contributed by atoms with E-state index >= 15 is 0 Å². The Morgan fingerprint density at radius 3 is 2.17 bits per heavy atom. The lowest BCUT2D eigenvalue weighted by molar-refractivity contribution is -0.147. The summed E-state index contributed by atoms with van der Waals surface area (Å²) >= 11 is 0. The topological polar surface area (TPSA) is 242 Å². The van der Waals surface area contributed by atoms with Crippen LogP contribution in [0, 0.1) is 0 Å². The van der Waals surface area contributed by atoms with Gasteiger partial charge in [0.15, 0.2) is 0 Å². The number of likely N-dealkylation sites (tertiary alicyclic amines) is 1. The number of hydrogen-bond donors (Lipinski definition) is 7. The summed E-state index contributed by atoms with van der Waals surface area (Å²) in [6, 6.07) is -5.60. The molecule has 0 aromatic heterocycles. The monoisotopic (exact) mass is 431 g/mol. The SMILES string of the molecule is NC(=O)CC(N)C(=O)N1CCCC1C(=O)NC(CO)C(=O)NC(CC(=O)O)C(=O)O. The first-order chi connectivity index (χ1) is 14.0. The molecule has 4 unspecified atom stereocenters. The molecule has 1 aliphatic heterocycles. The number of carbonyl (C=O) groups is 6. The van der Waals surface area contributed by atoms with Gasteiger partial charge in [0.1, 0.15) is 18.1 Å². The van der Waals surface area contributed by atoms with Crippen molar-refractivity contribution in [3.63, 3.8) is 0 Å². The fraction of sp³-hybridized carbons (Fsp3) is 0.625. The Kier molecular flexibility index (Phi) is 9.14. The molecule has 0 spiro atoms. The highest BCUT2D eigenvalue weighted by Crippen LogP contribution is 2.19. The minimum absolute atomic E-state index is 0.180. The van der Waals surface area contributed by atoms with Crippen LogP contribution in [-0.2, 0) is 28.8 Å². The van der Waals surface area contributed by atoms with Gasteiger partial charge in [-0.05, 0) is 12.8 Å². The van der Waals surface area contributed by atoms with Crippen molar-refractivity contribution >= 4 is 35.6 Å². The quantitative estimate of drug-likeness (QED) is 0.166. The molecule has 0 aliphatic carbocycles. The van der Waals surface area contributed by atoms with Crippen molar-refractivity contribution in [3.05, 3.63) is 0 Å². The van der Waals surface area contributed by atoms with Crippen LogP contribution in [0.3, 0.4) is 0 Å². The Hall–Kier alpha value is -3.26. The van der Waals surface area contributed by atoms with Gasteiger partial charge in [0.25, 0.3) is 0 Å². The van der Waals surface area contributed by atoms with Gasteiger partial charge in [-0.2, -0.15) is 0 Å². The Bertz CT molecular complexity index is 713. The van der Waals surface area contributed by atoms with Crippen LogP contribution in [0.4, 0.5) is 0 Å². The Morgan fingerprint density at radius 2 is 1.67 bits per heavy atom. The average Bonchev–Trinajstić information content (AvgIpc) is 3.13. The Labute approximate surface area is 170 Å². The van der Waals surface area contributed by atoms with Crippen LogP contribution in [0.25, 0.3) is 0 Å². The normalized spacial score (nSPS) is 18.7. The standard InChI is InChI=1S/C16H25N5O9/c17-7(4-11(18)23)15(28)21-3-1-2-10(21)14(27)20-9(6-22)13(26)19-8(16(29)30)5-12(24)25/h7-10,22H,1-6,17H2,(H2,18,23)(H,19,26)(H,20,27)(H,24,25)(H,29,30). The number of carboxylic acid groups (broad SMARTS) is 2. The van der Waals surface area contributed by atoms with Gasteiger partial charge in [-0.3, -0.25) is 24.0 Å². The molecule has 1 saturated heterocycles. The number of carboxylic acids is 2. The van der Waals surface area contributed by atoms with Gasteiger partial charge in [-0.15, -0.1) is 0 Å². The summed E-state index contributed by atoms with van der Waals surface area (Å²) in [4.78, 5) is 70.9. The van der Waals surface area contributed by atoms with E-state index in [1.165, 1.54) is 0 Å². The van der Waals surface area contributed by atoms with Crippen LogP contribution < -0.4 is 22.1 Å². The highest BCUT2D eigenvalue weighted by Gasteiger charge is 2.38. The zero-order valence-electron chi connectivity index (χ0n) is 15.9. The van der Waals surface area contributed by atoms with E-state index in [4.69, 9.17) is 21.7 Å². The summed E-state index contributed by atoms with van der Waals surface area (Å²) in [5, 5.41) is 31.2. The summed E-state index contributed by atoms with van der Waals surface area (Å²) in [7, 11) is 0. The van der Waals surface area contributed by atoms with E-state index in [9.17, 15) is 33.9 Å². The Balaban J connectivity index is 2.80. The maximum atomic E-state index is 12.5. The number of nitrogens with two attached hydrogens (primary N) is 2. The third-order valence-electron chi connectivity index (χ3n) is 4.39. The van der Waals surface area contributed by atoms with Crippen molar-refractivity contribution in [2.45, 2.75) is 49.9 Å². The molecule has 1 rings (SSSR count). The highest BCUT2D eigenvalue weighted by atomic mass is 16.4. The first kappa shape index (κ1) is 24.8. The lowest BCUT2D eigenvalue weighted by atomic mass is 10.1. The van der Waals surface area contributed by atoms with Gasteiger partial charge in [0.05, 0.1) is 25.5 Å². The van der Waals surface area contributed by atoms with Crippen LogP contribution in [-0.4, -0.2) is 93.1 Å². The molecule has 30 heavy (non-hydrogen) atoms. The summed E-state index contributed by atoms with van der Waals surface area (Å²) in [5.41, 5.74) is 10.6. The lowest BCUT2D eigenvalue weighted by Gasteiger charge is -2.28. The molecule has 1 aliphatic rings. The van der Waals surface area contributed by atoms with Gasteiger partial charge < -0.3 is 42.3 Å². The van der Waals surface area contributed by atoms with Gasteiger partial charge in [-0.25, -0.2) is 4.79 Å². The van der Waals surface area contributed by atoms with E-state index in [1.807, 2.05) is 5.32 Å². The zero-order chi connectivity index (χ0) is 23.0. The van der Waals surface area contributed by atoms with Crippen LogP contribution in [0.1, 0.15) is 25.7 Å². The van der Waals surface area contributed by atoms with Crippen molar-refractivity contribution < 1.29 is 44.1 Å². The average molecular weight is 431 g/mol. The van der Waals surface area contributed by atoms with Crippen LogP contribution >= 0.6 is 0 Å². The minimum atomic E-state index is -1.77.